The third kappa shape index (κ3) is 6.45. The normalized spacial score (nSPS) is 18.5. The summed E-state index contributed by atoms with van der Waals surface area (Å²) in [6, 6.07) is 19.3. The minimum absolute atomic E-state index is 0.0653. The van der Waals surface area contributed by atoms with E-state index < -0.39 is 17.7 Å². The number of nitrogens with zero attached hydrogens (tertiary/aromatic N) is 4. The molecular weight excluding hydrogens is 560 g/mol. The molecule has 0 spiro atoms. The standard InChI is InChI=1S/C38H44N4O3/c1-26-33(34(36(43)44-6)45-37(2,3)4)35-41-22-20-38(5,21-23-41)19-12-8-7-9-14-27-15-10-11-18-30(27)28-16-13-17-29(24-28)31-25-32(39-26)42(35)40-31/h7-8,10-13,15-19,24-25,34H,9,14,20-23H2,1-6H3/b8-7-,19-12+/t34-/m0/s1. The van der Waals surface area contributed by atoms with Gasteiger partial charge in [0.25, 0.3) is 0 Å². The quantitative estimate of drug-likeness (QED) is 0.220. The summed E-state index contributed by atoms with van der Waals surface area (Å²) < 4.78 is 13.6. The van der Waals surface area contributed by atoms with E-state index in [-0.39, 0.29) is 5.41 Å². The summed E-state index contributed by atoms with van der Waals surface area (Å²) in [5, 5.41) is 5.18. The number of esters is 1. The molecule has 7 rings (SSSR count). The molecular formula is C38H44N4O3. The molecule has 2 aromatic heterocycles. The molecule has 1 atom stereocenters. The van der Waals surface area contributed by atoms with Crippen LogP contribution in [-0.4, -0.2) is 46.4 Å². The number of fused-ring (bicyclic) bond motifs is 5. The number of ether oxygens (including phenoxy) is 2. The number of aryl methyl sites for hydroxylation is 2. The zero-order valence-corrected chi connectivity index (χ0v) is 27.3. The number of allylic oxidation sites excluding steroid dienone is 4. The third-order valence-corrected chi connectivity index (χ3v) is 8.97. The van der Waals surface area contributed by atoms with Crippen LogP contribution >= 0.6 is 0 Å². The van der Waals surface area contributed by atoms with E-state index in [0.29, 0.717) is 5.56 Å². The van der Waals surface area contributed by atoms with Gasteiger partial charge in [-0.3, -0.25) is 0 Å². The number of anilines is 1. The number of piperidine rings is 1. The molecule has 3 aliphatic heterocycles. The average Bonchev–Trinajstić information content (AvgIpc) is 3.44. The van der Waals surface area contributed by atoms with Crippen molar-refractivity contribution in [1.82, 2.24) is 14.6 Å². The molecule has 0 radical (unpaired) electrons. The second-order valence-corrected chi connectivity index (χ2v) is 13.6. The zero-order valence-electron chi connectivity index (χ0n) is 27.3. The monoisotopic (exact) mass is 604 g/mol. The van der Waals surface area contributed by atoms with Gasteiger partial charge in [-0.2, -0.15) is 9.61 Å². The SMILES string of the molecule is COC(=O)[C@@H](OC(C)(C)C)c1c(C)nc2cc3nn2c1N1CCC(C)(/C=C/C=C\CCc2ccccc2-c2cccc-3c2)CC1. The minimum atomic E-state index is -0.950. The van der Waals surface area contributed by atoms with Gasteiger partial charge in [-0.15, -0.1) is 0 Å². The summed E-state index contributed by atoms with van der Waals surface area (Å²) in [5.41, 5.74) is 7.21. The lowest BCUT2D eigenvalue weighted by Gasteiger charge is -2.40. The van der Waals surface area contributed by atoms with E-state index in [4.69, 9.17) is 19.6 Å². The molecule has 7 nitrogen and oxygen atoms in total. The largest absolute Gasteiger partial charge is 0.467 e. The van der Waals surface area contributed by atoms with Crippen LogP contribution in [0.5, 0.6) is 0 Å². The molecule has 0 N–H and O–H groups in total. The first-order chi connectivity index (χ1) is 21.5. The summed E-state index contributed by atoms with van der Waals surface area (Å²) in [6.07, 6.45) is 12.0. The van der Waals surface area contributed by atoms with Crippen molar-refractivity contribution in [3.63, 3.8) is 0 Å². The topological polar surface area (TPSA) is 69.0 Å². The van der Waals surface area contributed by atoms with E-state index in [1.807, 2.05) is 38.3 Å². The van der Waals surface area contributed by atoms with E-state index >= 15 is 0 Å². The number of aromatic nitrogens is 3. The van der Waals surface area contributed by atoms with Gasteiger partial charge in [-0.05, 0) is 81.5 Å². The van der Waals surface area contributed by atoms with Crippen molar-refractivity contribution >= 4 is 17.4 Å². The zero-order chi connectivity index (χ0) is 31.8. The lowest BCUT2D eigenvalue weighted by molar-refractivity contribution is -0.164. The highest BCUT2D eigenvalue weighted by Crippen LogP contribution is 2.40. The van der Waals surface area contributed by atoms with Crippen LogP contribution in [0.2, 0.25) is 0 Å². The molecule has 45 heavy (non-hydrogen) atoms. The smallest absolute Gasteiger partial charge is 0.339 e. The van der Waals surface area contributed by atoms with Gasteiger partial charge < -0.3 is 14.4 Å². The average molecular weight is 605 g/mol. The second-order valence-electron chi connectivity index (χ2n) is 13.6. The maximum absolute atomic E-state index is 13.4. The van der Waals surface area contributed by atoms with Crippen LogP contribution in [0.4, 0.5) is 5.82 Å². The molecule has 6 bridgehead atoms. The van der Waals surface area contributed by atoms with E-state index in [0.717, 1.165) is 72.8 Å². The molecule has 0 amide bonds. The Morgan fingerprint density at radius 3 is 2.51 bits per heavy atom. The molecule has 4 aromatic rings. The Kier molecular flexibility index (Phi) is 8.40. The van der Waals surface area contributed by atoms with E-state index in [9.17, 15) is 4.79 Å². The van der Waals surface area contributed by atoms with E-state index in [1.54, 1.807) is 0 Å². The summed E-state index contributed by atoms with van der Waals surface area (Å²) >= 11 is 0. The summed E-state index contributed by atoms with van der Waals surface area (Å²) in [6.45, 7) is 11.7. The number of hydrogen-bond acceptors (Lipinski definition) is 6. The van der Waals surface area contributed by atoms with Crippen LogP contribution < -0.4 is 4.90 Å². The van der Waals surface area contributed by atoms with Crippen LogP contribution in [0.1, 0.15) is 69.9 Å². The van der Waals surface area contributed by atoms with Crippen molar-refractivity contribution in [2.45, 2.75) is 72.0 Å². The predicted octanol–water partition coefficient (Wildman–Crippen LogP) is 8.07. The number of methoxy groups -OCH3 is 1. The highest BCUT2D eigenvalue weighted by atomic mass is 16.6. The van der Waals surface area contributed by atoms with Crippen LogP contribution in [-0.2, 0) is 20.7 Å². The molecule has 7 heteroatoms. The fourth-order valence-corrected chi connectivity index (χ4v) is 6.52. The van der Waals surface area contributed by atoms with Crippen LogP contribution in [0, 0.1) is 12.3 Å². The van der Waals surface area contributed by atoms with E-state index in [1.165, 1.54) is 18.2 Å². The van der Waals surface area contributed by atoms with Crippen molar-refractivity contribution in [2.75, 3.05) is 25.1 Å². The lowest BCUT2D eigenvalue weighted by atomic mass is 9.80. The number of carbonyl (C=O) groups is 1. The second kappa shape index (κ2) is 12.3. The van der Waals surface area contributed by atoms with Crippen molar-refractivity contribution in [3.8, 4) is 22.4 Å². The van der Waals surface area contributed by atoms with Crippen LogP contribution in [0.3, 0.4) is 0 Å². The number of hydrogen-bond donors (Lipinski definition) is 0. The first-order valence-corrected chi connectivity index (χ1v) is 16.0. The van der Waals surface area contributed by atoms with Gasteiger partial charge in [0.2, 0.25) is 0 Å². The van der Waals surface area contributed by atoms with Crippen molar-refractivity contribution in [3.05, 3.63) is 95.7 Å². The molecule has 0 unspecified atom stereocenters. The molecule has 3 aliphatic rings. The third-order valence-electron chi connectivity index (χ3n) is 8.97. The van der Waals surface area contributed by atoms with Crippen molar-refractivity contribution in [1.29, 1.82) is 0 Å². The van der Waals surface area contributed by atoms with Gasteiger partial charge in [0.15, 0.2) is 11.8 Å². The Balaban J connectivity index is 1.57. The number of rotatable bonds is 3. The first kappa shape index (κ1) is 30.8. The summed E-state index contributed by atoms with van der Waals surface area (Å²) in [7, 11) is 1.41. The number of carbonyl (C=O) groups excluding carboxylic acids is 1. The van der Waals surface area contributed by atoms with Gasteiger partial charge >= 0.3 is 5.97 Å². The molecule has 234 valence electrons. The Bertz CT molecular complexity index is 1770. The van der Waals surface area contributed by atoms with Crippen LogP contribution in [0.15, 0.2) is 78.9 Å². The highest BCUT2D eigenvalue weighted by molar-refractivity contribution is 5.81. The van der Waals surface area contributed by atoms with Gasteiger partial charge in [-0.1, -0.05) is 73.7 Å². The molecule has 1 saturated heterocycles. The van der Waals surface area contributed by atoms with Gasteiger partial charge in [-0.25, -0.2) is 9.78 Å². The molecule has 0 aliphatic carbocycles. The Hall–Kier alpha value is -4.23. The maximum atomic E-state index is 13.4. The summed E-state index contributed by atoms with van der Waals surface area (Å²) in [4.78, 5) is 20.7. The highest BCUT2D eigenvalue weighted by Gasteiger charge is 2.37. The molecule has 5 heterocycles. The van der Waals surface area contributed by atoms with Gasteiger partial charge in [0, 0.05) is 30.4 Å². The first-order valence-electron chi connectivity index (χ1n) is 16.0. The molecule has 1 fully saturated rings. The van der Waals surface area contributed by atoms with Gasteiger partial charge in [0.1, 0.15) is 5.82 Å². The predicted molar refractivity (Wildman–Crippen MR) is 180 cm³/mol. The molecule has 2 aromatic carbocycles. The minimum Gasteiger partial charge on any atom is -0.467 e. The van der Waals surface area contributed by atoms with Crippen molar-refractivity contribution in [2.24, 2.45) is 5.41 Å². The Labute approximate surface area is 266 Å². The molecule has 0 saturated carbocycles. The Morgan fingerprint density at radius 2 is 1.76 bits per heavy atom. The fraction of sp³-hybridized carbons (Fsp3) is 0.395. The number of benzene rings is 2. The van der Waals surface area contributed by atoms with E-state index in [2.05, 4.69) is 84.7 Å². The summed E-state index contributed by atoms with van der Waals surface area (Å²) in [5.74, 6) is 0.394. The fourth-order valence-electron chi connectivity index (χ4n) is 6.52. The van der Waals surface area contributed by atoms with Gasteiger partial charge in [0.05, 0.1) is 24.0 Å². The Morgan fingerprint density at radius 1 is 1.00 bits per heavy atom. The van der Waals surface area contributed by atoms with Crippen LogP contribution in [0.25, 0.3) is 28.0 Å². The van der Waals surface area contributed by atoms with Crippen molar-refractivity contribution < 1.29 is 14.3 Å². The lowest BCUT2D eigenvalue weighted by Crippen LogP contribution is -2.40. The maximum Gasteiger partial charge on any atom is 0.339 e.